The van der Waals surface area contributed by atoms with Crippen molar-refractivity contribution in [2.24, 2.45) is 0 Å². The smallest absolute Gasteiger partial charge is 0.0753 e. The Balaban J connectivity index is 2.35. The number of aliphatic hydroxyl groups is 1. The summed E-state index contributed by atoms with van der Waals surface area (Å²) in [6.07, 6.45) is 2.30. The molecule has 0 aromatic heterocycles. The molecule has 0 bridgehead atoms. The Bertz CT molecular complexity index is 343. The number of hydrogen-bond acceptors (Lipinski definition) is 1. The van der Waals surface area contributed by atoms with Gasteiger partial charge in [-0.05, 0) is 30.4 Å². The minimum absolute atomic E-state index is 0.386. The molecule has 0 heterocycles. The topological polar surface area (TPSA) is 20.2 Å². The molecule has 0 spiro atoms. The van der Waals surface area contributed by atoms with Gasteiger partial charge in [-0.15, -0.1) is 0 Å². The van der Waals surface area contributed by atoms with Crippen LogP contribution in [-0.2, 0) is 0 Å². The third-order valence-electron chi connectivity index (χ3n) is 2.40. The van der Waals surface area contributed by atoms with Gasteiger partial charge in [0, 0.05) is 0 Å². The van der Waals surface area contributed by atoms with E-state index in [0.717, 1.165) is 30.4 Å². The zero-order valence-corrected chi connectivity index (χ0v) is 7.53. The van der Waals surface area contributed by atoms with Crippen LogP contribution in [0.25, 0.3) is 6.05 Å². The molecule has 1 atom stereocenters. The van der Waals surface area contributed by atoms with Crippen molar-refractivity contribution in [1.29, 1.82) is 0 Å². The first-order valence-corrected chi connectivity index (χ1v) is 4.72. The fourth-order valence-corrected chi connectivity index (χ4v) is 1.68. The largest absolute Gasteiger partial charge is 0.389 e. The van der Waals surface area contributed by atoms with Crippen LogP contribution < -0.4 is 0 Å². The molecular formula is C12H14O. The molecule has 1 unspecified atom stereocenters. The summed E-state index contributed by atoms with van der Waals surface area (Å²) in [6.45, 7) is 0. The van der Waals surface area contributed by atoms with Crippen LogP contribution in [0.4, 0.5) is 0 Å². The van der Waals surface area contributed by atoms with Gasteiger partial charge in [0.15, 0.2) is 0 Å². The lowest BCUT2D eigenvalue weighted by atomic mass is 10.1. The summed E-state index contributed by atoms with van der Waals surface area (Å²) >= 11 is 0. The van der Waals surface area contributed by atoms with E-state index in [-0.39, 0.29) is 6.10 Å². The Labute approximate surface area is 80.1 Å². The molecule has 1 aliphatic carbocycles. The van der Waals surface area contributed by atoms with Crippen LogP contribution >= 0.6 is 0 Å². The van der Waals surface area contributed by atoms with E-state index in [9.17, 15) is 5.11 Å². The monoisotopic (exact) mass is 175 g/mol. The van der Waals surface area contributed by atoms with Gasteiger partial charge < -0.3 is 5.11 Å². The maximum Gasteiger partial charge on any atom is 0.0753 e. The molecular weight excluding hydrogens is 160 g/mol. The first kappa shape index (κ1) is 7.34. The first-order valence-electron chi connectivity index (χ1n) is 5.22. The molecule has 1 nitrogen and oxygen atoms in total. The summed E-state index contributed by atoms with van der Waals surface area (Å²) in [7, 11) is 0. The van der Waals surface area contributed by atoms with Gasteiger partial charge in [-0.25, -0.2) is 0 Å². The molecule has 1 aliphatic rings. The Morgan fingerprint density at radius 1 is 1.38 bits per heavy atom. The molecule has 0 saturated heterocycles. The van der Waals surface area contributed by atoms with Crippen molar-refractivity contribution >= 4 is 6.05 Å². The highest BCUT2D eigenvalue weighted by molar-refractivity contribution is 5.54. The second kappa shape index (κ2) is 3.75. The van der Waals surface area contributed by atoms with Crippen LogP contribution in [-0.4, -0.2) is 11.2 Å². The van der Waals surface area contributed by atoms with E-state index in [0.29, 0.717) is 6.05 Å². The summed E-state index contributed by atoms with van der Waals surface area (Å²) in [5.74, 6) is 0. The van der Waals surface area contributed by atoms with Gasteiger partial charge in [-0.3, -0.25) is 0 Å². The molecule has 1 aromatic rings. The van der Waals surface area contributed by atoms with Crippen molar-refractivity contribution in [1.82, 2.24) is 0 Å². The van der Waals surface area contributed by atoms with E-state index >= 15 is 0 Å². The standard InChI is InChI=1S/C12H14O/c13-12-8-4-7-11(12)9-10-5-2-1-3-6-10/h1-3,5-6,9,12-13H,4,7-8H2/b11-9+/i9D. The van der Waals surface area contributed by atoms with Crippen LogP contribution in [0, 0.1) is 0 Å². The SMILES string of the molecule is [2H]/C(=C1/CCCC1O)c1ccccc1. The maximum atomic E-state index is 9.64. The van der Waals surface area contributed by atoms with E-state index in [4.69, 9.17) is 1.37 Å². The lowest BCUT2D eigenvalue weighted by molar-refractivity contribution is 0.219. The second-order valence-electron chi connectivity index (χ2n) is 3.42. The molecule has 2 rings (SSSR count). The van der Waals surface area contributed by atoms with Crippen LogP contribution in [0.3, 0.4) is 0 Å². The highest BCUT2D eigenvalue weighted by Crippen LogP contribution is 2.26. The van der Waals surface area contributed by atoms with Gasteiger partial charge >= 0.3 is 0 Å². The normalized spacial score (nSPS) is 27.2. The van der Waals surface area contributed by atoms with Crippen LogP contribution in [0.2, 0.25) is 0 Å². The average Bonchev–Trinajstić information content (AvgIpc) is 2.65. The van der Waals surface area contributed by atoms with E-state index < -0.39 is 0 Å². The highest BCUT2D eigenvalue weighted by Gasteiger charge is 2.17. The molecule has 13 heavy (non-hydrogen) atoms. The molecule has 0 amide bonds. The molecule has 1 aromatic carbocycles. The van der Waals surface area contributed by atoms with Crippen molar-refractivity contribution in [3.05, 3.63) is 41.5 Å². The number of benzene rings is 1. The summed E-state index contributed by atoms with van der Waals surface area (Å²) in [5, 5.41) is 9.64. The van der Waals surface area contributed by atoms with Gasteiger partial charge in [0.05, 0.1) is 7.47 Å². The zero-order valence-electron chi connectivity index (χ0n) is 8.53. The molecule has 1 N–H and O–H groups in total. The zero-order chi connectivity index (χ0) is 9.97. The Morgan fingerprint density at radius 2 is 2.15 bits per heavy atom. The summed E-state index contributed by atoms with van der Waals surface area (Å²) < 4.78 is 7.96. The molecule has 1 saturated carbocycles. The van der Waals surface area contributed by atoms with E-state index in [1.165, 1.54) is 0 Å². The third kappa shape index (κ3) is 1.99. The van der Waals surface area contributed by atoms with Crippen molar-refractivity contribution in [2.75, 3.05) is 0 Å². The minimum atomic E-state index is -0.386. The lowest BCUT2D eigenvalue weighted by Gasteiger charge is -2.03. The third-order valence-corrected chi connectivity index (χ3v) is 2.40. The minimum Gasteiger partial charge on any atom is -0.389 e. The highest BCUT2D eigenvalue weighted by atomic mass is 16.3. The quantitative estimate of drug-likeness (QED) is 0.695. The number of hydrogen-bond donors (Lipinski definition) is 1. The van der Waals surface area contributed by atoms with Gasteiger partial charge in [0.2, 0.25) is 0 Å². The van der Waals surface area contributed by atoms with Crippen molar-refractivity contribution in [3.63, 3.8) is 0 Å². The Morgan fingerprint density at radius 3 is 2.77 bits per heavy atom. The Kier molecular flexibility index (Phi) is 2.12. The van der Waals surface area contributed by atoms with E-state index in [1.54, 1.807) is 0 Å². The van der Waals surface area contributed by atoms with Crippen LogP contribution in [0.1, 0.15) is 26.2 Å². The Hall–Kier alpha value is -1.08. The van der Waals surface area contributed by atoms with Gasteiger partial charge in [0.25, 0.3) is 0 Å². The predicted molar refractivity (Wildman–Crippen MR) is 54.3 cm³/mol. The molecule has 68 valence electrons. The van der Waals surface area contributed by atoms with Crippen LogP contribution in [0.5, 0.6) is 0 Å². The number of aliphatic hydroxyl groups excluding tert-OH is 1. The van der Waals surface area contributed by atoms with Crippen molar-refractivity contribution in [3.8, 4) is 0 Å². The van der Waals surface area contributed by atoms with Crippen LogP contribution in [0.15, 0.2) is 35.9 Å². The fourth-order valence-electron chi connectivity index (χ4n) is 1.68. The maximum absolute atomic E-state index is 9.64. The second-order valence-corrected chi connectivity index (χ2v) is 3.42. The predicted octanol–water partition coefficient (Wildman–Crippen LogP) is 2.61. The summed E-state index contributed by atoms with van der Waals surface area (Å²) in [5.41, 5.74) is 1.81. The van der Waals surface area contributed by atoms with E-state index in [1.807, 2.05) is 30.3 Å². The van der Waals surface area contributed by atoms with Crippen molar-refractivity contribution < 1.29 is 6.48 Å². The van der Waals surface area contributed by atoms with Crippen molar-refractivity contribution in [2.45, 2.75) is 25.4 Å². The van der Waals surface area contributed by atoms with Gasteiger partial charge in [-0.2, -0.15) is 0 Å². The fraction of sp³-hybridized carbons (Fsp3) is 0.333. The lowest BCUT2D eigenvalue weighted by Crippen LogP contribution is -2.00. The molecule has 1 heteroatoms. The molecule has 1 fully saturated rings. The van der Waals surface area contributed by atoms with E-state index in [2.05, 4.69) is 0 Å². The number of rotatable bonds is 1. The summed E-state index contributed by atoms with van der Waals surface area (Å²) in [6, 6.07) is 10.1. The average molecular weight is 175 g/mol. The molecule has 0 aliphatic heterocycles. The summed E-state index contributed by atoms with van der Waals surface area (Å²) in [4.78, 5) is 0. The van der Waals surface area contributed by atoms with Gasteiger partial charge in [-0.1, -0.05) is 36.4 Å². The van der Waals surface area contributed by atoms with Gasteiger partial charge in [0.1, 0.15) is 0 Å². The first-order chi connectivity index (χ1) is 6.79. The molecule has 0 radical (unpaired) electrons.